The molecule has 2 rings (SSSR count). The number of carbonyl (C=O) groups excluding carboxylic acids is 1. The van der Waals surface area contributed by atoms with Crippen LogP contribution in [0, 0.1) is 6.92 Å². The van der Waals surface area contributed by atoms with Crippen LogP contribution in [-0.4, -0.2) is 33.3 Å². The van der Waals surface area contributed by atoms with Gasteiger partial charge < -0.3 is 5.32 Å². The number of hydrogen-bond acceptors (Lipinski definition) is 5. The third kappa shape index (κ3) is 4.65. The fourth-order valence-corrected chi connectivity index (χ4v) is 4.09. The third-order valence-corrected chi connectivity index (χ3v) is 5.10. The summed E-state index contributed by atoms with van der Waals surface area (Å²) in [5.41, 5.74) is 0. The number of nitrogens with one attached hydrogen (secondary N) is 2. The third-order valence-electron chi connectivity index (χ3n) is 3.11. The first kappa shape index (κ1) is 14.6. The van der Waals surface area contributed by atoms with Gasteiger partial charge in [0.15, 0.2) is 0 Å². The summed E-state index contributed by atoms with van der Waals surface area (Å²) in [5.74, 6) is 1.15. The van der Waals surface area contributed by atoms with Crippen molar-refractivity contribution in [3.05, 3.63) is 5.01 Å². The molecule has 1 fully saturated rings. The van der Waals surface area contributed by atoms with Gasteiger partial charge >= 0.3 is 6.03 Å². The van der Waals surface area contributed by atoms with E-state index in [4.69, 9.17) is 0 Å². The van der Waals surface area contributed by atoms with Crippen LogP contribution in [0.4, 0.5) is 9.93 Å². The molecule has 0 spiro atoms. The van der Waals surface area contributed by atoms with Gasteiger partial charge in [0.25, 0.3) is 0 Å². The molecule has 0 aromatic carbocycles. The number of aryl methyl sites for hydroxylation is 1. The predicted octanol–water partition coefficient (Wildman–Crippen LogP) is 3.03. The number of anilines is 1. The first-order chi connectivity index (χ1) is 9.17. The Morgan fingerprint density at radius 3 is 3.00 bits per heavy atom. The standard InChI is InChI=1S/C12H20N4OS2/c1-3-18-10-6-4-5-9(7-10)13-11(17)14-12-16-15-8(2)19-12/h9-10H,3-7H2,1-2H3,(H2,13,14,16,17). The molecule has 1 heterocycles. The highest BCUT2D eigenvalue weighted by atomic mass is 32.2. The van der Waals surface area contributed by atoms with Crippen molar-refractivity contribution in [2.24, 2.45) is 0 Å². The molecule has 1 saturated carbocycles. The molecule has 0 aliphatic heterocycles. The Morgan fingerprint density at radius 1 is 1.47 bits per heavy atom. The van der Waals surface area contributed by atoms with E-state index >= 15 is 0 Å². The lowest BCUT2D eigenvalue weighted by atomic mass is 9.95. The second-order valence-corrected chi connectivity index (χ2v) is 7.42. The van der Waals surface area contributed by atoms with Crippen LogP contribution in [0.25, 0.3) is 0 Å². The van der Waals surface area contributed by atoms with E-state index in [-0.39, 0.29) is 12.1 Å². The normalized spacial score (nSPS) is 23.1. The maximum absolute atomic E-state index is 11.9. The summed E-state index contributed by atoms with van der Waals surface area (Å²) in [6.45, 7) is 4.06. The highest BCUT2D eigenvalue weighted by molar-refractivity contribution is 7.99. The van der Waals surface area contributed by atoms with Gasteiger partial charge in [-0.1, -0.05) is 24.7 Å². The Bertz CT molecular complexity index is 422. The second kappa shape index (κ2) is 7.09. The van der Waals surface area contributed by atoms with Crippen LogP contribution >= 0.6 is 23.1 Å². The van der Waals surface area contributed by atoms with Crippen LogP contribution in [-0.2, 0) is 0 Å². The second-order valence-electron chi connectivity index (χ2n) is 4.67. The summed E-state index contributed by atoms with van der Waals surface area (Å²) in [6.07, 6.45) is 4.61. The fourth-order valence-electron chi connectivity index (χ4n) is 2.33. The van der Waals surface area contributed by atoms with Gasteiger partial charge in [0, 0.05) is 11.3 Å². The van der Waals surface area contributed by atoms with E-state index in [2.05, 4.69) is 27.8 Å². The van der Waals surface area contributed by atoms with Gasteiger partial charge in [-0.25, -0.2) is 4.79 Å². The van der Waals surface area contributed by atoms with Crippen molar-refractivity contribution in [3.63, 3.8) is 0 Å². The lowest BCUT2D eigenvalue weighted by Crippen LogP contribution is -2.41. The van der Waals surface area contributed by atoms with E-state index in [1.54, 1.807) is 0 Å². The molecule has 0 radical (unpaired) electrons. The first-order valence-corrected chi connectivity index (χ1v) is 8.53. The molecule has 1 aliphatic carbocycles. The molecule has 2 unspecified atom stereocenters. The maximum Gasteiger partial charge on any atom is 0.321 e. The van der Waals surface area contributed by atoms with Gasteiger partial charge in [0.2, 0.25) is 5.13 Å². The zero-order valence-electron chi connectivity index (χ0n) is 11.3. The fraction of sp³-hybridized carbons (Fsp3) is 0.750. The van der Waals surface area contributed by atoms with E-state index in [0.29, 0.717) is 10.4 Å². The van der Waals surface area contributed by atoms with Gasteiger partial charge in [-0.3, -0.25) is 5.32 Å². The molecule has 2 N–H and O–H groups in total. The lowest BCUT2D eigenvalue weighted by molar-refractivity contribution is 0.244. The van der Waals surface area contributed by atoms with Gasteiger partial charge in [0.05, 0.1) is 0 Å². The van der Waals surface area contributed by atoms with E-state index in [0.717, 1.165) is 23.6 Å². The zero-order chi connectivity index (χ0) is 13.7. The highest BCUT2D eigenvalue weighted by Crippen LogP contribution is 2.28. The molecule has 19 heavy (non-hydrogen) atoms. The minimum Gasteiger partial charge on any atom is -0.335 e. The molecule has 2 amide bonds. The van der Waals surface area contributed by atoms with Crippen molar-refractivity contribution >= 4 is 34.3 Å². The van der Waals surface area contributed by atoms with E-state index in [1.165, 1.54) is 24.2 Å². The summed E-state index contributed by atoms with van der Waals surface area (Å²) in [4.78, 5) is 11.9. The van der Waals surface area contributed by atoms with E-state index in [1.807, 2.05) is 18.7 Å². The number of amides is 2. The smallest absolute Gasteiger partial charge is 0.321 e. The predicted molar refractivity (Wildman–Crippen MR) is 81.0 cm³/mol. The minimum atomic E-state index is -0.164. The molecule has 1 aromatic rings. The summed E-state index contributed by atoms with van der Waals surface area (Å²) in [6, 6.07) is 0.120. The molecule has 5 nitrogen and oxygen atoms in total. The molecular formula is C12H20N4OS2. The molecule has 1 aromatic heterocycles. The Hall–Kier alpha value is -0.820. The Kier molecular flexibility index (Phi) is 5.45. The molecular weight excluding hydrogens is 280 g/mol. The van der Waals surface area contributed by atoms with Gasteiger partial charge in [-0.2, -0.15) is 11.8 Å². The van der Waals surface area contributed by atoms with Gasteiger partial charge in [0.1, 0.15) is 5.01 Å². The number of hydrogen-bond donors (Lipinski definition) is 2. The minimum absolute atomic E-state index is 0.164. The van der Waals surface area contributed by atoms with Crippen LogP contribution in [0.5, 0.6) is 0 Å². The largest absolute Gasteiger partial charge is 0.335 e. The molecule has 2 atom stereocenters. The Labute approximate surface area is 122 Å². The van der Waals surface area contributed by atoms with Crippen molar-refractivity contribution in [1.82, 2.24) is 15.5 Å². The van der Waals surface area contributed by atoms with Crippen molar-refractivity contribution in [1.29, 1.82) is 0 Å². The summed E-state index contributed by atoms with van der Waals surface area (Å²) in [5, 5.41) is 15.6. The average molecular weight is 300 g/mol. The summed E-state index contributed by atoms with van der Waals surface area (Å²) in [7, 11) is 0. The summed E-state index contributed by atoms with van der Waals surface area (Å²) < 4.78 is 0. The molecule has 0 saturated heterocycles. The van der Waals surface area contributed by atoms with Crippen LogP contribution in [0.3, 0.4) is 0 Å². The van der Waals surface area contributed by atoms with Crippen molar-refractivity contribution in [2.75, 3.05) is 11.1 Å². The van der Waals surface area contributed by atoms with Crippen molar-refractivity contribution < 1.29 is 4.79 Å². The monoisotopic (exact) mass is 300 g/mol. The maximum atomic E-state index is 11.9. The summed E-state index contributed by atoms with van der Waals surface area (Å²) >= 11 is 3.39. The van der Waals surface area contributed by atoms with E-state index < -0.39 is 0 Å². The van der Waals surface area contributed by atoms with E-state index in [9.17, 15) is 4.79 Å². The quantitative estimate of drug-likeness (QED) is 0.897. The number of thioether (sulfide) groups is 1. The number of aromatic nitrogens is 2. The number of urea groups is 1. The number of carbonyl (C=O) groups is 1. The molecule has 1 aliphatic rings. The molecule has 7 heteroatoms. The van der Waals surface area contributed by atoms with Gasteiger partial charge in [-0.05, 0) is 31.9 Å². The van der Waals surface area contributed by atoms with Crippen LogP contribution in [0.1, 0.15) is 37.6 Å². The van der Waals surface area contributed by atoms with Crippen molar-refractivity contribution in [3.8, 4) is 0 Å². The number of nitrogens with zero attached hydrogens (tertiary/aromatic N) is 2. The Morgan fingerprint density at radius 2 is 2.32 bits per heavy atom. The lowest BCUT2D eigenvalue weighted by Gasteiger charge is -2.29. The SMILES string of the molecule is CCSC1CCCC(NC(=O)Nc2nnc(C)s2)C1. The zero-order valence-corrected chi connectivity index (χ0v) is 12.9. The van der Waals surface area contributed by atoms with Gasteiger partial charge in [-0.15, -0.1) is 10.2 Å². The average Bonchev–Trinajstić information content (AvgIpc) is 2.75. The van der Waals surface area contributed by atoms with Crippen LogP contribution in [0.15, 0.2) is 0 Å². The first-order valence-electron chi connectivity index (χ1n) is 6.66. The van der Waals surface area contributed by atoms with Crippen LogP contribution < -0.4 is 10.6 Å². The van der Waals surface area contributed by atoms with Crippen molar-refractivity contribution in [2.45, 2.75) is 50.8 Å². The molecule has 106 valence electrons. The van der Waals surface area contributed by atoms with Crippen LogP contribution in [0.2, 0.25) is 0 Å². The Balaban J connectivity index is 1.78. The topological polar surface area (TPSA) is 66.9 Å². The highest BCUT2D eigenvalue weighted by Gasteiger charge is 2.23. The number of rotatable bonds is 4. The molecule has 0 bridgehead atoms.